The Morgan fingerprint density at radius 1 is 1.02 bits per heavy atom. The number of ether oxygens (including phenoxy) is 1. The third kappa shape index (κ3) is 11.9. The summed E-state index contributed by atoms with van der Waals surface area (Å²) in [6.07, 6.45) is 5.63. The second kappa shape index (κ2) is 19.3. The molecule has 1 aliphatic rings. The summed E-state index contributed by atoms with van der Waals surface area (Å²) < 4.78 is 4.97. The molecule has 4 amide bonds. The number of hydrogen-bond acceptors (Lipinski definition) is 10. The Morgan fingerprint density at radius 2 is 1.69 bits per heavy atom. The number of aromatic hydroxyl groups is 1. The van der Waals surface area contributed by atoms with Crippen LogP contribution in [0.4, 0.5) is 0 Å². The molecule has 2 aromatic carbocycles. The van der Waals surface area contributed by atoms with Crippen LogP contribution in [0.15, 0.2) is 42.5 Å². The maximum absolute atomic E-state index is 13.6. The van der Waals surface area contributed by atoms with E-state index in [0.29, 0.717) is 25.0 Å². The average Bonchev–Trinajstić information content (AvgIpc) is 3.08. The minimum Gasteiger partial charge on any atom is -0.508 e. The van der Waals surface area contributed by atoms with Gasteiger partial charge in [-0.25, -0.2) is 0 Å². The number of amides is 4. The fourth-order valence-corrected chi connectivity index (χ4v) is 6.84. The van der Waals surface area contributed by atoms with Crippen molar-refractivity contribution in [3.63, 3.8) is 0 Å². The van der Waals surface area contributed by atoms with Crippen LogP contribution in [-0.4, -0.2) is 96.5 Å². The minimum absolute atomic E-state index is 0.0684. The van der Waals surface area contributed by atoms with Crippen LogP contribution >= 0.6 is 11.8 Å². The van der Waals surface area contributed by atoms with Gasteiger partial charge < -0.3 is 26.2 Å². The number of aryl methyl sites for hydroxylation is 2. The summed E-state index contributed by atoms with van der Waals surface area (Å²) in [4.78, 5) is 67.1. The fourth-order valence-electron chi connectivity index (χ4n) is 6.37. The van der Waals surface area contributed by atoms with Crippen molar-refractivity contribution < 1.29 is 33.8 Å². The highest BCUT2D eigenvalue weighted by molar-refractivity contribution is 7.98. The van der Waals surface area contributed by atoms with Gasteiger partial charge in [0.25, 0.3) is 0 Å². The van der Waals surface area contributed by atoms with Gasteiger partial charge in [-0.15, -0.1) is 0 Å². The molecule has 1 aliphatic carbocycles. The van der Waals surface area contributed by atoms with Crippen LogP contribution in [0.2, 0.25) is 0 Å². The van der Waals surface area contributed by atoms with E-state index in [1.807, 2.05) is 62.4 Å². The van der Waals surface area contributed by atoms with Crippen molar-refractivity contribution in [3.8, 4) is 5.75 Å². The third-order valence-corrected chi connectivity index (χ3v) is 9.84. The number of thioether (sulfide) groups is 1. The van der Waals surface area contributed by atoms with Gasteiger partial charge in [-0.1, -0.05) is 36.8 Å². The summed E-state index contributed by atoms with van der Waals surface area (Å²) in [5.74, 6) is -2.09. The maximum atomic E-state index is 13.6. The first-order valence-corrected chi connectivity index (χ1v) is 18.0. The fraction of sp³-hybridized carbons (Fsp3) is 0.528. The normalized spacial score (nSPS) is 17.8. The van der Waals surface area contributed by atoms with Gasteiger partial charge in [0.2, 0.25) is 23.6 Å². The largest absolute Gasteiger partial charge is 0.508 e. The van der Waals surface area contributed by atoms with E-state index in [4.69, 9.17) is 10.5 Å². The molecule has 0 bridgehead atoms. The molecule has 1 saturated carbocycles. The van der Waals surface area contributed by atoms with Crippen molar-refractivity contribution in [1.29, 1.82) is 0 Å². The molecular formula is C36H51N5O7S. The number of carbonyl (C=O) groups excluding carboxylic acids is 5. The van der Waals surface area contributed by atoms with E-state index >= 15 is 0 Å². The van der Waals surface area contributed by atoms with Gasteiger partial charge >= 0.3 is 5.97 Å². The molecule has 1 fully saturated rings. The molecule has 0 unspecified atom stereocenters. The van der Waals surface area contributed by atoms with E-state index in [1.165, 1.54) is 18.9 Å². The molecule has 3 rings (SSSR count). The summed E-state index contributed by atoms with van der Waals surface area (Å²) in [5.41, 5.74) is 9.60. The zero-order valence-corrected chi connectivity index (χ0v) is 29.9. The molecule has 6 N–H and O–H groups in total. The van der Waals surface area contributed by atoms with Crippen LogP contribution in [0.3, 0.4) is 0 Å². The molecule has 5 atom stereocenters. The van der Waals surface area contributed by atoms with Crippen LogP contribution < -0.4 is 21.7 Å². The lowest BCUT2D eigenvalue weighted by Gasteiger charge is -2.38. The SMILES string of the molecule is COC(=O)[C@H]1CCC[C@@H](N(C)[C@@H](Cc2ccccc2)C(=O)NC(=O)CNC(=O)[C@@H](CCSC)NC(=O)[C@H](N)Cc2c(C)cc(O)cc2C)C1. The predicted octanol–water partition coefficient (Wildman–Crippen LogP) is 2.15. The smallest absolute Gasteiger partial charge is 0.308 e. The number of likely N-dealkylation sites (N-methyl/N-ethyl adjacent to an activating group) is 1. The number of phenols is 1. The van der Waals surface area contributed by atoms with Crippen LogP contribution in [0, 0.1) is 19.8 Å². The Morgan fingerprint density at radius 3 is 2.33 bits per heavy atom. The lowest BCUT2D eigenvalue weighted by molar-refractivity contribution is -0.147. The number of esters is 1. The summed E-state index contributed by atoms with van der Waals surface area (Å²) in [7, 11) is 3.21. The standard InChI is InChI=1S/C36H51N5O7S/c1-22-16-27(42)17-23(2)28(22)20-29(37)33(44)39-30(14-15-49-5)34(45)38-21-32(43)40-35(46)31(18-24-10-7-6-8-11-24)41(3)26-13-9-12-25(19-26)36(47)48-4/h6-8,10-11,16-17,25-26,29-31,42H,9,12-15,18-21,37H2,1-5H3,(H,38,45)(H,39,44)(H,40,43,46)/t25-,26+,29+,30+,31-/m0/s1. The second-order valence-electron chi connectivity index (χ2n) is 12.8. The highest BCUT2D eigenvalue weighted by Crippen LogP contribution is 2.30. The molecule has 12 nitrogen and oxygen atoms in total. The van der Waals surface area contributed by atoms with Gasteiger partial charge in [-0.3, -0.25) is 34.2 Å². The third-order valence-electron chi connectivity index (χ3n) is 9.19. The van der Waals surface area contributed by atoms with E-state index in [-0.39, 0.29) is 30.1 Å². The van der Waals surface area contributed by atoms with E-state index in [2.05, 4.69) is 16.0 Å². The molecular weight excluding hydrogens is 646 g/mol. The average molecular weight is 698 g/mol. The van der Waals surface area contributed by atoms with Crippen molar-refractivity contribution in [2.24, 2.45) is 11.7 Å². The maximum Gasteiger partial charge on any atom is 0.308 e. The number of methoxy groups -OCH3 is 1. The lowest BCUT2D eigenvalue weighted by Crippen LogP contribution is -2.55. The first-order chi connectivity index (χ1) is 23.3. The van der Waals surface area contributed by atoms with Crippen molar-refractivity contribution in [1.82, 2.24) is 20.9 Å². The number of phenolic OH excluding ortho intramolecular Hbond substituents is 1. The summed E-state index contributed by atoms with van der Waals surface area (Å²) in [6, 6.07) is 10.0. The Labute approximate surface area is 293 Å². The first kappa shape index (κ1) is 39.5. The molecule has 0 saturated heterocycles. The Bertz CT molecular complexity index is 1430. The topological polar surface area (TPSA) is 180 Å². The number of rotatable bonds is 16. The van der Waals surface area contributed by atoms with Crippen molar-refractivity contribution in [2.75, 3.05) is 32.7 Å². The molecule has 0 aromatic heterocycles. The van der Waals surface area contributed by atoms with Crippen molar-refractivity contribution >= 4 is 41.4 Å². The molecule has 0 heterocycles. The zero-order valence-electron chi connectivity index (χ0n) is 29.1. The molecule has 0 radical (unpaired) electrons. The number of nitrogens with zero attached hydrogens (tertiary/aromatic N) is 1. The highest BCUT2D eigenvalue weighted by atomic mass is 32.2. The monoisotopic (exact) mass is 697 g/mol. The van der Waals surface area contributed by atoms with Crippen molar-refractivity contribution in [2.45, 2.75) is 83.0 Å². The number of hydrogen-bond donors (Lipinski definition) is 5. The number of benzene rings is 2. The van der Waals surface area contributed by atoms with E-state index in [9.17, 15) is 29.1 Å². The quantitative estimate of drug-likeness (QED) is 0.163. The van der Waals surface area contributed by atoms with Gasteiger partial charge in [-0.2, -0.15) is 11.8 Å². The number of carbonyl (C=O) groups is 5. The summed E-state index contributed by atoms with van der Waals surface area (Å²) in [5, 5.41) is 17.6. The van der Waals surface area contributed by atoms with Gasteiger partial charge in [0.05, 0.1) is 31.7 Å². The molecule has 0 aliphatic heterocycles. The Kier molecular flexibility index (Phi) is 15.6. The van der Waals surface area contributed by atoms with Crippen molar-refractivity contribution in [3.05, 3.63) is 64.7 Å². The first-order valence-electron chi connectivity index (χ1n) is 16.6. The van der Waals surface area contributed by atoms with Crippen LogP contribution in [0.5, 0.6) is 5.75 Å². The van der Waals surface area contributed by atoms with Crippen LogP contribution in [0.1, 0.15) is 54.4 Å². The van der Waals surface area contributed by atoms with Crippen LogP contribution in [0.25, 0.3) is 0 Å². The van der Waals surface area contributed by atoms with Gasteiger partial charge in [-0.05, 0) is 106 Å². The highest BCUT2D eigenvalue weighted by Gasteiger charge is 2.35. The van der Waals surface area contributed by atoms with Gasteiger partial charge in [0, 0.05) is 6.04 Å². The second-order valence-corrected chi connectivity index (χ2v) is 13.7. The Balaban J connectivity index is 1.63. The number of nitrogens with two attached hydrogens (primary N) is 1. The molecule has 0 spiro atoms. The van der Waals surface area contributed by atoms with Crippen LogP contribution in [-0.2, 0) is 41.6 Å². The number of imide groups is 1. The van der Waals surface area contributed by atoms with Gasteiger partial charge in [0.1, 0.15) is 11.8 Å². The molecule has 268 valence electrons. The zero-order chi connectivity index (χ0) is 36.1. The molecule has 49 heavy (non-hydrogen) atoms. The molecule has 13 heteroatoms. The summed E-state index contributed by atoms with van der Waals surface area (Å²) >= 11 is 1.50. The summed E-state index contributed by atoms with van der Waals surface area (Å²) in [6.45, 7) is 3.19. The number of nitrogens with one attached hydrogen (secondary N) is 3. The van der Waals surface area contributed by atoms with E-state index in [1.54, 1.807) is 12.1 Å². The lowest BCUT2D eigenvalue weighted by atomic mass is 9.84. The van der Waals surface area contributed by atoms with E-state index in [0.717, 1.165) is 41.5 Å². The van der Waals surface area contributed by atoms with E-state index < -0.39 is 48.3 Å². The minimum atomic E-state index is -0.946. The molecule has 2 aromatic rings. The Hall–Kier alpha value is -3.94. The van der Waals surface area contributed by atoms with Gasteiger partial charge in [0.15, 0.2) is 0 Å². The predicted molar refractivity (Wildman–Crippen MR) is 190 cm³/mol.